The number of halogens is 1. The number of aliphatic hydroxyl groups excluding tert-OH is 1. The van der Waals surface area contributed by atoms with Gasteiger partial charge in [-0.05, 0) is 54.3 Å². The monoisotopic (exact) mass is 351 g/mol. The molecule has 1 heterocycles. The Labute approximate surface area is 112 Å². The highest BCUT2D eigenvalue weighted by molar-refractivity contribution is 14.1. The van der Waals surface area contributed by atoms with Crippen molar-refractivity contribution in [2.75, 3.05) is 0 Å². The Bertz CT molecular complexity index is 380. The van der Waals surface area contributed by atoms with Crippen molar-refractivity contribution in [3.8, 4) is 0 Å². The van der Waals surface area contributed by atoms with Crippen LogP contribution in [0.5, 0.6) is 0 Å². The van der Waals surface area contributed by atoms with Gasteiger partial charge in [-0.3, -0.25) is 4.79 Å². The van der Waals surface area contributed by atoms with Crippen molar-refractivity contribution in [3.63, 3.8) is 0 Å². The molecule has 1 aromatic rings. The molecule has 1 saturated carbocycles. The third-order valence-corrected chi connectivity index (χ3v) is 4.60. The Morgan fingerprint density at radius 3 is 3.00 bits per heavy atom. The third kappa shape index (κ3) is 3.18. The zero-order chi connectivity index (χ0) is 11.5. The van der Waals surface area contributed by atoms with Gasteiger partial charge in [0, 0.05) is 11.4 Å². The molecule has 16 heavy (non-hydrogen) atoms. The largest absolute Gasteiger partial charge is 0.393 e. The lowest BCUT2D eigenvalue weighted by molar-refractivity contribution is 0.0850. The van der Waals surface area contributed by atoms with Crippen LogP contribution in [-0.2, 0) is 0 Å². The van der Waals surface area contributed by atoms with Gasteiger partial charge in [0.2, 0.25) is 0 Å². The summed E-state index contributed by atoms with van der Waals surface area (Å²) in [7, 11) is 0. The van der Waals surface area contributed by atoms with Crippen molar-refractivity contribution in [3.05, 3.63) is 19.9 Å². The summed E-state index contributed by atoms with van der Waals surface area (Å²) >= 11 is 3.78. The van der Waals surface area contributed by atoms with Crippen LogP contribution >= 0.6 is 33.9 Å². The molecule has 0 spiro atoms. The molecule has 0 aliphatic heterocycles. The molecule has 0 radical (unpaired) electrons. The Hall–Kier alpha value is -0.140. The Balaban J connectivity index is 1.92. The molecule has 0 aromatic carbocycles. The van der Waals surface area contributed by atoms with E-state index in [0.717, 1.165) is 27.7 Å². The van der Waals surface area contributed by atoms with E-state index in [9.17, 15) is 9.90 Å². The molecule has 2 N–H and O–H groups in total. The minimum Gasteiger partial charge on any atom is -0.393 e. The number of carbonyl (C=O) groups excluding carboxylic acids is 1. The van der Waals surface area contributed by atoms with Crippen molar-refractivity contribution in [1.82, 2.24) is 5.32 Å². The van der Waals surface area contributed by atoms with E-state index in [1.54, 1.807) is 11.3 Å². The normalized spacial score (nSPS) is 25.4. The van der Waals surface area contributed by atoms with Gasteiger partial charge in [0.05, 0.1) is 14.6 Å². The van der Waals surface area contributed by atoms with Crippen molar-refractivity contribution in [2.24, 2.45) is 0 Å². The number of aliphatic hydroxyl groups is 1. The first-order valence-corrected chi connectivity index (χ1v) is 7.34. The van der Waals surface area contributed by atoms with E-state index >= 15 is 0 Å². The lowest BCUT2D eigenvalue weighted by Crippen LogP contribution is -2.39. The molecule has 2 rings (SSSR count). The van der Waals surface area contributed by atoms with E-state index in [1.807, 2.05) is 11.4 Å². The molecule has 3 nitrogen and oxygen atoms in total. The third-order valence-electron chi connectivity index (χ3n) is 2.81. The number of hydrogen-bond donors (Lipinski definition) is 2. The Kier molecular flexibility index (Phi) is 4.21. The maximum Gasteiger partial charge on any atom is 0.252 e. The van der Waals surface area contributed by atoms with Crippen LogP contribution in [0.25, 0.3) is 0 Å². The van der Waals surface area contributed by atoms with Gasteiger partial charge in [-0.2, -0.15) is 0 Å². The summed E-state index contributed by atoms with van der Waals surface area (Å²) in [5, 5.41) is 14.4. The summed E-state index contributed by atoms with van der Waals surface area (Å²) in [5.74, 6) is -0.0155. The van der Waals surface area contributed by atoms with Crippen molar-refractivity contribution in [1.29, 1.82) is 0 Å². The van der Waals surface area contributed by atoms with Crippen LogP contribution in [-0.4, -0.2) is 23.2 Å². The van der Waals surface area contributed by atoms with Crippen LogP contribution in [0.4, 0.5) is 0 Å². The first-order valence-electron chi connectivity index (χ1n) is 5.38. The van der Waals surface area contributed by atoms with Gasteiger partial charge in [-0.25, -0.2) is 0 Å². The van der Waals surface area contributed by atoms with E-state index in [0.29, 0.717) is 6.42 Å². The second kappa shape index (κ2) is 5.46. The molecule has 1 amide bonds. The van der Waals surface area contributed by atoms with E-state index in [-0.39, 0.29) is 18.1 Å². The van der Waals surface area contributed by atoms with Gasteiger partial charge in [-0.15, -0.1) is 11.3 Å². The molecule has 0 saturated heterocycles. The number of carbonyl (C=O) groups is 1. The molecule has 2 unspecified atom stereocenters. The number of rotatable bonds is 2. The summed E-state index contributed by atoms with van der Waals surface area (Å²) in [5.41, 5.74) is 0.731. The standard InChI is InChI=1S/C11H14INO2S/c12-10-4-7(6-16-10)11(15)13-8-2-1-3-9(14)5-8/h4,6,8-9,14H,1-3,5H2,(H,13,15). The average Bonchev–Trinajstić information content (AvgIpc) is 2.65. The molecule has 1 fully saturated rings. The maximum atomic E-state index is 11.8. The first-order chi connectivity index (χ1) is 7.65. The minimum absolute atomic E-state index is 0.0155. The fourth-order valence-electron chi connectivity index (χ4n) is 1.99. The molecule has 2 atom stereocenters. The van der Waals surface area contributed by atoms with Gasteiger partial charge in [0.15, 0.2) is 0 Å². The van der Waals surface area contributed by atoms with E-state index in [4.69, 9.17) is 0 Å². The molecular weight excluding hydrogens is 337 g/mol. The van der Waals surface area contributed by atoms with Crippen LogP contribution in [0.2, 0.25) is 0 Å². The molecule has 5 heteroatoms. The topological polar surface area (TPSA) is 49.3 Å². The summed E-state index contributed by atoms with van der Waals surface area (Å²) in [6.45, 7) is 0. The fraction of sp³-hybridized carbons (Fsp3) is 0.545. The highest BCUT2D eigenvalue weighted by atomic mass is 127. The van der Waals surface area contributed by atoms with Gasteiger partial charge in [0.25, 0.3) is 5.91 Å². The SMILES string of the molecule is O=C(NC1CCCC(O)C1)c1csc(I)c1. The van der Waals surface area contributed by atoms with Crippen molar-refractivity contribution in [2.45, 2.75) is 37.8 Å². The Morgan fingerprint density at radius 1 is 1.56 bits per heavy atom. The van der Waals surface area contributed by atoms with Gasteiger partial charge in [-0.1, -0.05) is 0 Å². The molecule has 88 valence electrons. The second-order valence-corrected chi connectivity index (χ2v) is 6.94. The lowest BCUT2D eigenvalue weighted by Gasteiger charge is -2.26. The number of hydrogen-bond acceptors (Lipinski definition) is 3. The molecule has 0 bridgehead atoms. The zero-order valence-electron chi connectivity index (χ0n) is 8.78. The fourth-order valence-corrected chi connectivity index (χ4v) is 3.32. The van der Waals surface area contributed by atoms with E-state index < -0.39 is 0 Å². The van der Waals surface area contributed by atoms with E-state index in [2.05, 4.69) is 27.9 Å². The predicted octanol–water partition coefficient (Wildman–Crippen LogP) is 2.39. The quantitative estimate of drug-likeness (QED) is 0.804. The molecule has 1 aromatic heterocycles. The van der Waals surface area contributed by atoms with Crippen LogP contribution in [0, 0.1) is 2.88 Å². The maximum absolute atomic E-state index is 11.8. The lowest BCUT2D eigenvalue weighted by atomic mass is 9.93. The predicted molar refractivity (Wildman–Crippen MR) is 72.8 cm³/mol. The summed E-state index contributed by atoms with van der Waals surface area (Å²) in [4.78, 5) is 11.8. The summed E-state index contributed by atoms with van der Waals surface area (Å²) in [6.07, 6.45) is 3.27. The van der Waals surface area contributed by atoms with Crippen LogP contribution in [0.15, 0.2) is 11.4 Å². The van der Waals surface area contributed by atoms with Crippen LogP contribution < -0.4 is 5.32 Å². The summed E-state index contributed by atoms with van der Waals surface area (Å²) in [6, 6.07) is 2.02. The van der Waals surface area contributed by atoms with Crippen LogP contribution in [0.1, 0.15) is 36.0 Å². The van der Waals surface area contributed by atoms with Gasteiger partial charge < -0.3 is 10.4 Å². The first kappa shape index (κ1) is 12.3. The molecular formula is C11H14INO2S. The molecule has 1 aliphatic carbocycles. The summed E-state index contributed by atoms with van der Waals surface area (Å²) < 4.78 is 1.12. The highest BCUT2D eigenvalue weighted by Gasteiger charge is 2.22. The number of thiophene rings is 1. The van der Waals surface area contributed by atoms with Crippen molar-refractivity contribution < 1.29 is 9.90 Å². The number of nitrogens with one attached hydrogen (secondary N) is 1. The smallest absolute Gasteiger partial charge is 0.252 e. The second-order valence-electron chi connectivity index (χ2n) is 4.13. The van der Waals surface area contributed by atoms with Crippen LogP contribution in [0.3, 0.4) is 0 Å². The highest BCUT2D eigenvalue weighted by Crippen LogP contribution is 2.20. The average molecular weight is 351 g/mol. The number of amides is 1. The van der Waals surface area contributed by atoms with E-state index in [1.165, 1.54) is 0 Å². The van der Waals surface area contributed by atoms with Gasteiger partial charge in [0.1, 0.15) is 0 Å². The minimum atomic E-state index is -0.248. The van der Waals surface area contributed by atoms with Crippen molar-refractivity contribution >= 4 is 39.8 Å². The Morgan fingerprint density at radius 2 is 2.38 bits per heavy atom. The molecule has 1 aliphatic rings. The zero-order valence-corrected chi connectivity index (χ0v) is 11.8. The van der Waals surface area contributed by atoms with Gasteiger partial charge >= 0.3 is 0 Å².